The van der Waals surface area contributed by atoms with Crippen LogP contribution in [0.15, 0.2) is 24.3 Å². The van der Waals surface area contributed by atoms with Crippen LogP contribution in [0, 0.1) is 5.82 Å². The SMILES string of the molecule is CCCC(N)C(=O)N(C)C(C)c1ccccc1F.Cl. The predicted octanol–water partition coefficient (Wildman–Crippen LogP) is 2.89. The number of hydrogen-bond acceptors (Lipinski definition) is 2. The molecule has 5 heteroatoms. The quantitative estimate of drug-likeness (QED) is 0.905. The maximum Gasteiger partial charge on any atom is 0.239 e. The Bertz CT molecular complexity index is 414. The number of benzene rings is 1. The zero-order valence-electron chi connectivity index (χ0n) is 11.6. The summed E-state index contributed by atoms with van der Waals surface area (Å²) in [6.07, 6.45) is 1.50. The minimum absolute atomic E-state index is 0. The van der Waals surface area contributed by atoms with Crippen LogP contribution in [0.25, 0.3) is 0 Å². The molecule has 3 nitrogen and oxygen atoms in total. The van der Waals surface area contributed by atoms with Crippen molar-refractivity contribution in [3.8, 4) is 0 Å². The van der Waals surface area contributed by atoms with Gasteiger partial charge in [-0.05, 0) is 19.4 Å². The monoisotopic (exact) mass is 288 g/mol. The van der Waals surface area contributed by atoms with E-state index in [2.05, 4.69) is 0 Å². The average Bonchev–Trinajstić information content (AvgIpc) is 2.37. The first kappa shape index (κ1) is 17.9. The van der Waals surface area contributed by atoms with E-state index in [0.717, 1.165) is 6.42 Å². The highest BCUT2D eigenvalue weighted by Crippen LogP contribution is 2.22. The minimum Gasteiger partial charge on any atom is -0.338 e. The molecular formula is C14H22ClFN2O. The highest BCUT2D eigenvalue weighted by molar-refractivity contribution is 5.85. The van der Waals surface area contributed by atoms with Gasteiger partial charge >= 0.3 is 0 Å². The Labute approximate surface area is 120 Å². The summed E-state index contributed by atoms with van der Waals surface area (Å²) in [5, 5.41) is 0. The molecule has 108 valence electrons. The van der Waals surface area contributed by atoms with Crippen LogP contribution in [0.1, 0.15) is 38.3 Å². The molecule has 0 saturated heterocycles. The van der Waals surface area contributed by atoms with Crippen LogP contribution in [-0.2, 0) is 4.79 Å². The molecule has 1 aromatic rings. The second kappa shape index (κ2) is 8.12. The van der Waals surface area contributed by atoms with E-state index in [1.807, 2.05) is 6.92 Å². The second-order valence-corrected chi connectivity index (χ2v) is 4.54. The van der Waals surface area contributed by atoms with Crippen LogP contribution in [0.2, 0.25) is 0 Å². The molecule has 0 aliphatic rings. The Morgan fingerprint density at radius 2 is 2.00 bits per heavy atom. The third-order valence-corrected chi connectivity index (χ3v) is 3.20. The van der Waals surface area contributed by atoms with Crippen LogP contribution in [0.3, 0.4) is 0 Å². The molecule has 0 spiro atoms. The predicted molar refractivity (Wildman–Crippen MR) is 77.7 cm³/mol. The van der Waals surface area contributed by atoms with E-state index >= 15 is 0 Å². The standard InChI is InChI=1S/C14H21FN2O.ClH/c1-4-7-13(16)14(18)17(3)10(2)11-8-5-6-9-12(11)15;/h5-6,8-10,13H,4,7,16H2,1-3H3;1H. The fraction of sp³-hybridized carbons (Fsp3) is 0.500. The summed E-state index contributed by atoms with van der Waals surface area (Å²) < 4.78 is 13.6. The van der Waals surface area contributed by atoms with Gasteiger partial charge in [0.25, 0.3) is 0 Å². The van der Waals surface area contributed by atoms with E-state index in [9.17, 15) is 9.18 Å². The number of amides is 1. The van der Waals surface area contributed by atoms with Gasteiger partial charge in [-0.1, -0.05) is 31.5 Å². The number of halogens is 2. The molecule has 0 fully saturated rings. The lowest BCUT2D eigenvalue weighted by Crippen LogP contribution is -2.42. The van der Waals surface area contributed by atoms with Crippen molar-refractivity contribution < 1.29 is 9.18 Å². The number of likely N-dealkylation sites (N-methyl/N-ethyl adjacent to an activating group) is 1. The van der Waals surface area contributed by atoms with Gasteiger partial charge in [-0.3, -0.25) is 4.79 Å². The van der Waals surface area contributed by atoms with Crippen LogP contribution in [-0.4, -0.2) is 23.9 Å². The molecule has 0 aromatic heterocycles. The largest absolute Gasteiger partial charge is 0.338 e. The van der Waals surface area contributed by atoms with Crippen molar-refractivity contribution in [2.75, 3.05) is 7.05 Å². The Kier molecular flexibility index (Phi) is 7.64. The number of nitrogens with two attached hydrogens (primary N) is 1. The zero-order chi connectivity index (χ0) is 13.7. The van der Waals surface area contributed by atoms with Crippen LogP contribution in [0.4, 0.5) is 4.39 Å². The van der Waals surface area contributed by atoms with E-state index in [0.29, 0.717) is 12.0 Å². The zero-order valence-corrected chi connectivity index (χ0v) is 12.4. The summed E-state index contributed by atoms with van der Waals surface area (Å²) in [7, 11) is 1.66. The molecule has 19 heavy (non-hydrogen) atoms. The van der Waals surface area contributed by atoms with E-state index in [-0.39, 0.29) is 30.2 Å². The molecule has 2 N–H and O–H groups in total. The van der Waals surface area contributed by atoms with Gasteiger partial charge in [0.2, 0.25) is 5.91 Å². The fourth-order valence-electron chi connectivity index (χ4n) is 1.91. The van der Waals surface area contributed by atoms with Gasteiger partial charge in [0.15, 0.2) is 0 Å². The third kappa shape index (κ3) is 4.48. The van der Waals surface area contributed by atoms with Crippen LogP contribution >= 0.6 is 12.4 Å². The summed E-state index contributed by atoms with van der Waals surface area (Å²) in [4.78, 5) is 13.6. The summed E-state index contributed by atoms with van der Waals surface area (Å²) in [6.45, 7) is 3.78. The average molecular weight is 289 g/mol. The molecule has 0 bridgehead atoms. The first-order valence-corrected chi connectivity index (χ1v) is 6.25. The van der Waals surface area contributed by atoms with Crippen molar-refractivity contribution in [3.05, 3.63) is 35.6 Å². The van der Waals surface area contributed by atoms with Crippen molar-refractivity contribution in [3.63, 3.8) is 0 Å². The van der Waals surface area contributed by atoms with Gasteiger partial charge < -0.3 is 10.6 Å². The van der Waals surface area contributed by atoms with Gasteiger partial charge in [-0.25, -0.2) is 4.39 Å². The Morgan fingerprint density at radius 1 is 1.42 bits per heavy atom. The van der Waals surface area contributed by atoms with E-state index < -0.39 is 6.04 Å². The highest BCUT2D eigenvalue weighted by Gasteiger charge is 2.23. The lowest BCUT2D eigenvalue weighted by Gasteiger charge is -2.28. The molecule has 1 rings (SSSR count). The first-order chi connectivity index (χ1) is 8.49. The van der Waals surface area contributed by atoms with Crippen molar-refractivity contribution in [2.45, 2.75) is 38.8 Å². The third-order valence-electron chi connectivity index (χ3n) is 3.20. The maximum absolute atomic E-state index is 13.6. The Balaban J connectivity index is 0.00000324. The first-order valence-electron chi connectivity index (χ1n) is 6.25. The van der Waals surface area contributed by atoms with Crippen molar-refractivity contribution in [2.24, 2.45) is 5.73 Å². The molecule has 2 unspecified atom stereocenters. The molecule has 0 aliphatic heterocycles. The molecule has 0 heterocycles. The van der Waals surface area contributed by atoms with E-state index in [1.165, 1.54) is 11.0 Å². The molecule has 0 aliphatic carbocycles. The molecule has 1 amide bonds. The summed E-state index contributed by atoms with van der Waals surface area (Å²) in [5.74, 6) is -0.443. The summed E-state index contributed by atoms with van der Waals surface area (Å²) >= 11 is 0. The van der Waals surface area contributed by atoms with Crippen molar-refractivity contribution >= 4 is 18.3 Å². The van der Waals surface area contributed by atoms with Crippen molar-refractivity contribution in [1.29, 1.82) is 0 Å². The van der Waals surface area contributed by atoms with Gasteiger partial charge in [-0.2, -0.15) is 0 Å². The maximum atomic E-state index is 13.6. The number of rotatable bonds is 5. The van der Waals surface area contributed by atoms with Gasteiger partial charge in [0, 0.05) is 12.6 Å². The van der Waals surface area contributed by atoms with Gasteiger partial charge in [0.1, 0.15) is 5.82 Å². The highest BCUT2D eigenvalue weighted by atomic mass is 35.5. The van der Waals surface area contributed by atoms with E-state index in [4.69, 9.17) is 5.73 Å². The summed E-state index contributed by atoms with van der Waals surface area (Å²) in [6, 6.07) is 5.66. The molecular weight excluding hydrogens is 267 g/mol. The number of carbonyl (C=O) groups is 1. The lowest BCUT2D eigenvalue weighted by atomic mass is 10.0. The second-order valence-electron chi connectivity index (χ2n) is 4.54. The molecule has 0 radical (unpaired) electrons. The number of hydrogen-bond donors (Lipinski definition) is 1. The van der Waals surface area contributed by atoms with Gasteiger partial charge in [0.05, 0.1) is 12.1 Å². The van der Waals surface area contributed by atoms with E-state index in [1.54, 1.807) is 32.2 Å². The van der Waals surface area contributed by atoms with Crippen LogP contribution < -0.4 is 5.73 Å². The summed E-state index contributed by atoms with van der Waals surface area (Å²) in [5.41, 5.74) is 6.31. The smallest absolute Gasteiger partial charge is 0.239 e. The molecule has 0 saturated carbocycles. The fourth-order valence-corrected chi connectivity index (χ4v) is 1.91. The molecule has 1 aromatic carbocycles. The topological polar surface area (TPSA) is 46.3 Å². The lowest BCUT2D eigenvalue weighted by molar-refractivity contribution is -0.133. The number of carbonyl (C=O) groups excluding carboxylic acids is 1. The minimum atomic E-state index is -0.505. The van der Waals surface area contributed by atoms with Crippen molar-refractivity contribution in [1.82, 2.24) is 4.90 Å². The van der Waals surface area contributed by atoms with Gasteiger partial charge in [-0.15, -0.1) is 12.4 Å². The normalized spacial score (nSPS) is 13.3. The Hall–Kier alpha value is -1.13. The Morgan fingerprint density at radius 3 is 2.53 bits per heavy atom. The van der Waals surface area contributed by atoms with Crippen LogP contribution in [0.5, 0.6) is 0 Å². The number of nitrogens with zero attached hydrogens (tertiary/aromatic N) is 1. The molecule has 2 atom stereocenters.